The number of hydrogen-bond acceptors (Lipinski definition) is 4. The Morgan fingerprint density at radius 3 is 2.30 bits per heavy atom. The van der Waals surface area contributed by atoms with Gasteiger partial charge in [-0.15, -0.1) is 0 Å². The summed E-state index contributed by atoms with van der Waals surface area (Å²) in [7, 11) is 0. The molecule has 0 heterocycles. The standard InChI is InChI=1S/C16H20N2O2/c19-16(14-4-2-1-3-5-14)12-17-11-10-13-6-8-15(18-20)9-7-13/h1-9,16-20H,10-12H2/t16-/m0/s1. The molecule has 0 aliphatic heterocycles. The summed E-state index contributed by atoms with van der Waals surface area (Å²) < 4.78 is 0. The molecule has 2 rings (SSSR count). The average molecular weight is 272 g/mol. The lowest BCUT2D eigenvalue weighted by atomic mass is 10.1. The lowest BCUT2D eigenvalue weighted by Gasteiger charge is -2.12. The molecule has 106 valence electrons. The zero-order valence-corrected chi connectivity index (χ0v) is 11.3. The van der Waals surface area contributed by atoms with Crippen LogP contribution >= 0.6 is 0 Å². The van der Waals surface area contributed by atoms with Gasteiger partial charge in [0.1, 0.15) is 0 Å². The molecule has 0 aromatic heterocycles. The molecule has 0 amide bonds. The molecule has 0 saturated heterocycles. The van der Waals surface area contributed by atoms with Crippen molar-refractivity contribution in [1.82, 2.24) is 5.32 Å². The molecule has 2 aromatic rings. The van der Waals surface area contributed by atoms with E-state index >= 15 is 0 Å². The van der Waals surface area contributed by atoms with E-state index in [4.69, 9.17) is 5.21 Å². The topological polar surface area (TPSA) is 64.5 Å². The van der Waals surface area contributed by atoms with Crippen molar-refractivity contribution in [2.45, 2.75) is 12.5 Å². The number of benzene rings is 2. The molecular formula is C16H20N2O2. The van der Waals surface area contributed by atoms with Crippen molar-refractivity contribution in [1.29, 1.82) is 0 Å². The quantitative estimate of drug-likeness (QED) is 0.461. The van der Waals surface area contributed by atoms with Gasteiger partial charge in [0.25, 0.3) is 0 Å². The van der Waals surface area contributed by atoms with E-state index in [1.807, 2.05) is 54.6 Å². The smallest absolute Gasteiger partial charge is 0.0914 e. The molecule has 0 bridgehead atoms. The molecule has 20 heavy (non-hydrogen) atoms. The molecule has 2 aromatic carbocycles. The first-order valence-electron chi connectivity index (χ1n) is 6.72. The van der Waals surface area contributed by atoms with Crippen LogP contribution in [-0.2, 0) is 6.42 Å². The van der Waals surface area contributed by atoms with E-state index in [2.05, 4.69) is 10.8 Å². The summed E-state index contributed by atoms with van der Waals surface area (Å²) in [5.41, 5.74) is 4.90. The van der Waals surface area contributed by atoms with E-state index in [9.17, 15) is 5.11 Å². The van der Waals surface area contributed by atoms with Crippen LogP contribution in [0.1, 0.15) is 17.2 Å². The van der Waals surface area contributed by atoms with Crippen LogP contribution in [0.5, 0.6) is 0 Å². The minimum absolute atomic E-state index is 0.475. The minimum atomic E-state index is -0.475. The van der Waals surface area contributed by atoms with Gasteiger partial charge in [0.2, 0.25) is 0 Å². The fraction of sp³-hybridized carbons (Fsp3) is 0.250. The molecule has 0 radical (unpaired) electrons. The highest BCUT2D eigenvalue weighted by molar-refractivity contribution is 5.42. The molecule has 0 saturated carbocycles. The fourth-order valence-electron chi connectivity index (χ4n) is 2.01. The summed E-state index contributed by atoms with van der Waals surface area (Å²) in [6.07, 6.45) is 0.407. The molecule has 0 aliphatic rings. The highest BCUT2D eigenvalue weighted by atomic mass is 16.5. The first kappa shape index (κ1) is 14.5. The Morgan fingerprint density at radius 1 is 0.950 bits per heavy atom. The van der Waals surface area contributed by atoms with E-state index in [-0.39, 0.29) is 0 Å². The zero-order valence-electron chi connectivity index (χ0n) is 11.3. The van der Waals surface area contributed by atoms with Crippen LogP contribution in [0.25, 0.3) is 0 Å². The van der Waals surface area contributed by atoms with E-state index in [0.29, 0.717) is 12.2 Å². The predicted molar refractivity (Wildman–Crippen MR) is 79.8 cm³/mol. The van der Waals surface area contributed by atoms with E-state index in [0.717, 1.165) is 18.5 Å². The zero-order chi connectivity index (χ0) is 14.2. The first-order chi connectivity index (χ1) is 9.79. The molecule has 4 nitrogen and oxygen atoms in total. The van der Waals surface area contributed by atoms with Crippen molar-refractivity contribution in [3.8, 4) is 0 Å². The maximum atomic E-state index is 9.99. The molecule has 0 unspecified atom stereocenters. The summed E-state index contributed by atoms with van der Waals surface area (Å²) in [6.45, 7) is 1.34. The van der Waals surface area contributed by atoms with Crippen LogP contribution in [0.2, 0.25) is 0 Å². The Labute approximate surface area is 119 Å². The fourth-order valence-corrected chi connectivity index (χ4v) is 2.01. The van der Waals surface area contributed by atoms with Crippen LogP contribution in [0.4, 0.5) is 5.69 Å². The second-order valence-corrected chi connectivity index (χ2v) is 4.69. The Balaban J connectivity index is 1.70. The number of aliphatic hydroxyl groups excluding tert-OH is 1. The largest absolute Gasteiger partial charge is 0.387 e. The summed E-state index contributed by atoms with van der Waals surface area (Å²) in [4.78, 5) is 0. The Kier molecular flexibility index (Phi) is 5.55. The second-order valence-electron chi connectivity index (χ2n) is 4.69. The maximum absolute atomic E-state index is 9.99. The normalized spacial score (nSPS) is 12.1. The number of rotatable bonds is 7. The number of anilines is 1. The van der Waals surface area contributed by atoms with Crippen molar-refractivity contribution >= 4 is 5.69 Å². The highest BCUT2D eigenvalue weighted by Gasteiger charge is 2.05. The summed E-state index contributed by atoms with van der Waals surface area (Å²) in [5.74, 6) is 0. The van der Waals surface area contributed by atoms with Gasteiger partial charge in [-0.25, -0.2) is 0 Å². The van der Waals surface area contributed by atoms with Crippen LogP contribution in [0, 0.1) is 0 Å². The third kappa shape index (κ3) is 4.35. The SMILES string of the molecule is ONc1ccc(CCNC[C@H](O)c2ccccc2)cc1. The molecule has 4 heteroatoms. The summed E-state index contributed by atoms with van der Waals surface area (Å²) >= 11 is 0. The monoisotopic (exact) mass is 272 g/mol. The van der Waals surface area contributed by atoms with Crippen molar-refractivity contribution in [2.75, 3.05) is 18.6 Å². The lowest BCUT2D eigenvalue weighted by molar-refractivity contribution is 0.175. The van der Waals surface area contributed by atoms with Gasteiger partial charge in [-0.3, -0.25) is 10.7 Å². The summed E-state index contributed by atoms with van der Waals surface area (Å²) in [5, 5.41) is 22.0. The van der Waals surface area contributed by atoms with Gasteiger partial charge in [0.05, 0.1) is 11.8 Å². The van der Waals surface area contributed by atoms with E-state index < -0.39 is 6.10 Å². The van der Waals surface area contributed by atoms with E-state index in [1.165, 1.54) is 5.56 Å². The molecule has 4 N–H and O–H groups in total. The van der Waals surface area contributed by atoms with Gasteiger partial charge in [0.15, 0.2) is 0 Å². The average Bonchev–Trinajstić information content (AvgIpc) is 2.53. The van der Waals surface area contributed by atoms with Crippen molar-refractivity contribution < 1.29 is 10.3 Å². The highest BCUT2D eigenvalue weighted by Crippen LogP contribution is 2.11. The number of aliphatic hydroxyl groups is 1. The maximum Gasteiger partial charge on any atom is 0.0914 e. The Bertz CT molecular complexity index is 500. The van der Waals surface area contributed by atoms with E-state index in [1.54, 1.807) is 0 Å². The number of hydrogen-bond donors (Lipinski definition) is 4. The van der Waals surface area contributed by atoms with Crippen LogP contribution in [0.15, 0.2) is 54.6 Å². The minimum Gasteiger partial charge on any atom is -0.387 e. The second kappa shape index (κ2) is 7.65. The van der Waals surface area contributed by atoms with Crippen LogP contribution < -0.4 is 10.8 Å². The predicted octanol–water partition coefficient (Wildman–Crippen LogP) is 2.35. The number of nitrogens with one attached hydrogen (secondary N) is 2. The lowest BCUT2D eigenvalue weighted by Crippen LogP contribution is -2.23. The van der Waals surface area contributed by atoms with Crippen LogP contribution in [-0.4, -0.2) is 23.4 Å². The van der Waals surface area contributed by atoms with Crippen molar-refractivity contribution in [3.63, 3.8) is 0 Å². The van der Waals surface area contributed by atoms with Crippen molar-refractivity contribution in [3.05, 3.63) is 65.7 Å². The van der Waals surface area contributed by atoms with Gasteiger partial charge in [0, 0.05) is 6.54 Å². The molecule has 0 fully saturated rings. The third-order valence-electron chi connectivity index (χ3n) is 3.20. The van der Waals surface area contributed by atoms with Crippen LogP contribution in [0.3, 0.4) is 0 Å². The van der Waals surface area contributed by atoms with Gasteiger partial charge in [-0.2, -0.15) is 0 Å². The Hall–Kier alpha value is -1.88. The summed E-state index contributed by atoms with van der Waals surface area (Å²) in [6, 6.07) is 17.2. The van der Waals surface area contributed by atoms with Gasteiger partial charge < -0.3 is 10.4 Å². The van der Waals surface area contributed by atoms with Crippen molar-refractivity contribution in [2.24, 2.45) is 0 Å². The Morgan fingerprint density at radius 2 is 1.65 bits per heavy atom. The third-order valence-corrected chi connectivity index (χ3v) is 3.20. The molecule has 0 spiro atoms. The van der Waals surface area contributed by atoms with Gasteiger partial charge in [-0.1, -0.05) is 42.5 Å². The molecule has 0 aliphatic carbocycles. The molecular weight excluding hydrogens is 252 g/mol. The van der Waals surface area contributed by atoms with Gasteiger partial charge in [-0.05, 0) is 36.2 Å². The first-order valence-corrected chi connectivity index (χ1v) is 6.72. The van der Waals surface area contributed by atoms with Gasteiger partial charge >= 0.3 is 0 Å². The molecule has 1 atom stereocenters.